The van der Waals surface area contributed by atoms with E-state index < -0.39 is 0 Å². The van der Waals surface area contributed by atoms with Gasteiger partial charge >= 0.3 is 0 Å². The number of likely N-dealkylation sites (N-methyl/N-ethyl adjacent to an activating group) is 1. The molecule has 6 nitrogen and oxygen atoms in total. The highest BCUT2D eigenvalue weighted by atomic mass is 35.5. The average molecular weight is 363 g/mol. The average Bonchev–Trinajstić information content (AvgIpc) is 2.58. The number of anilines is 2. The fourth-order valence-electron chi connectivity index (χ4n) is 2.16. The van der Waals surface area contributed by atoms with Gasteiger partial charge in [-0.2, -0.15) is 0 Å². The summed E-state index contributed by atoms with van der Waals surface area (Å²) in [5, 5.41) is 6.63. The maximum absolute atomic E-state index is 12.4. The molecule has 0 saturated carbocycles. The zero-order valence-corrected chi connectivity index (χ0v) is 15.6. The van der Waals surface area contributed by atoms with Crippen LogP contribution >= 0.6 is 11.6 Å². The zero-order chi connectivity index (χ0) is 18.4. The van der Waals surface area contributed by atoms with Gasteiger partial charge in [-0.05, 0) is 44.8 Å². The number of rotatable bonds is 7. The Morgan fingerprint density at radius 2 is 2.08 bits per heavy atom. The van der Waals surface area contributed by atoms with Crippen LogP contribution in [0.1, 0.15) is 15.9 Å². The lowest BCUT2D eigenvalue weighted by Crippen LogP contribution is -2.21. The van der Waals surface area contributed by atoms with E-state index in [0.29, 0.717) is 22.0 Å². The third-order valence-electron chi connectivity index (χ3n) is 3.62. The summed E-state index contributed by atoms with van der Waals surface area (Å²) in [6, 6.07) is 6.98. The van der Waals surface area contributed by atoms with Gasteiger partial charge in [0.1, 0.15) is 11.6 Å². The maximum Gasteiger partial charge on any atom is 0.257 e. The summed E-state index contributed by atoms with van der Waals surface area (Å²) in [6.07, 6.45) is 1.54. The Labute approximate surface area is 153 Å². The van der Waals surface area contributed by atoms with E-state index in [1.807, 2.05) is 21.0 Å². The quantitative estimate of drug-likeness (QED) is 0.791. The fourth-order valence-corrected chi connectivity index (χ4v) is 2.32. The number of pyridine rings is 1. The fraction of sp³-hybridized carbons (Fsp3) is 0.333. The van der Waals surface area contributed by atoms with Crippen molar-refractivity contribution < 1.29 is 9.53 Å². The monoisotopic (exact) mass is 362 g/mol. The third kappa shape index (κ3) is 5.34. The minimum atomic E-state index is -0.257. The molecule has 0 spiro atoms. The molecule has 0 aliphatic carbocycles. The Hall–Kier alpha value is -2.31. The lowest BCUT2D eigenvalue weighted by atomic mass is 10.2. The second-order valence-electron chi connectivity index (χ2n) is 5.92. The molecule has 1 heterocycles. The number of methoxy groups -OCH3 is 1. The van der Waals surface area contributed by atoms with Crippen LogP contribution in [0.15, 0.2) is 30.5 Å². The summed E-state index contributed by atoms with van der Waals surface area (Å²) >= 11 is 6.08. The minimum Gasteiger partial charge on any atom is -0.495 e. The lowest BCUT2D eigenvalue weighted by molar-refractivity contribution is 0.102. The molecule has 2 rings (SSSR count). The number of ether oxygens (including phenoxy) is 1. The molecule has 0 fully saturated rings. The van der Waals surface area contributed by atoms with Gasteiger partial charge in [0, 0.05) is 30.4 Å². The van der Waals surface area contributed by atoms with Crippen molar-refractivity contribution in [2.24, 2.45) is 0 Å². The van der Waals surface area contributed by atoms with Crippen molar-refractivity contribution in [2.75, 3.05) is 44.9 Å². The SMILES string of the molecule is COc1cc(Cl)c(C)cc1NC(=O)c1ccc(NCCN(C)C)nc1. The Bertz CT molecular complexity index is 733. The Kier molecular flexibility index (Phi) is 6.61. The van der Waals surface area contributed by atoms with Crippen LogP contribution in [0.5, 0.6) is 5.75 Å². The van der Waals surface area contributed by atoms with E-state index in [0.717, 1.165) is 24.5 Å². The second kappa shape index (κ2) is 8.69. The third-order valence-corrected chi connectivity index (χ3v) is 4.03. The molecule has 0 bridgehead atoms. The van der Waals surface area contributed by atoms with Gasteiger partial charge in [0.15, 0.2) is 0 Å². The van der Waals surface area contributed by atoms with E-state index in [1.165, 1.54) is 7.11 Å². The van der Waals surface area contributed by atoms with Gasteiger partial charge in [0.2, 0.25) is 0 Å². The minimum absolute atomic E-state index is 0.257. The molecule has 0 aliphatic rings. The topological polar surface area (TPSA) is 66.5 Å². The Balaban J connectivity index is 2.05. The van der Waals surface area contributed by atoms with E-state index in [9.17, 15) is 4.79 Å². The summed E-state index contributed by atoms with van der Waals surface area (Å²) in [5.74, 6) is 0.990. The summed E-state index contributed by atoms with van der Waals surface area (Å²) in [6.45, 7) is 3.56. The highest BCUT2D eigenvalue weighted by molar-refractivity contribution is 6.31. The Morgan fingerprint density at radius 3 is 2.68 bits per heavy atom. The van der Waals surface area contributed by atoms with Crippen molar-refractivity contribution in [1.29, 1.82) is 0 Å². The highest BCUT2D eigenvalue weighted by Gasteiger charge is 2.12. The number of amides is 1. The van der Waals surface area contributed by atoms with Crippen LogP contribution < -0.4 is 15.4 Å². The summed E-state index contributed by atoms with van der Waals surface area (Å²) in [7, 11) is 5.55. The van der Waals surface area contributed by atoms with Gasteiger partial charge in [-0.25, -0.2) is 4.98 Å². The molecule has 1 aromatic heterocycles. The number of halogens is 1. The van der Waals surface area contributed by atoms with Crippen LogP contribution in [0.4, 0.5) is 11.5 Å². The van der Waals surface area contributed by atoms with Crippen molar-refractivity contribution in [3.63, 3.8) is 0 Å². The molecule has 0 aliphatic heterocycles. The molecule has 1 amide bonds. The first-order valence-electron chi connectivity index (χ1n) is 7.91. The normalized spacial score (nSPS) is 10.6. The van der Waals surface area contributed by atoms with Gasteiger partial charge in [-0.1, -0.05) is 11.6 Å². The summed E-state index contributed by atoms with van der Waals surface area (Å²) in [5.41, 5.74) is 1.90. The van der Waals surface area contributed by atoms with Crippen LogP contribution in [0, 0.1) is 6.92 Å². The number of aryl methyl sites for hydroxylation is 1. The molecule has 0 radical (unpaired) electrons. The summed E-state index contributed by atoms with van der Waals surface area (Å²) < 4.78 is 5.27. The van der Waals surface area contributed by atoms with Gasteiger partial charge in [0.25, 0.3) is 5.91 Å². The van der Waals surface area contributed by atoms with E-state index in [4.69, 9.17) is 16.3 Å². The maximum atomic E-state index is 12.4. The van der Waals surface area contributed by atoms with E-state index in [1.54, 1.807) is 30.5 Å². The number of carbonyl (C=O) groups is 1. The van der Waals surface area contributed by atoms with Gasteiger partial charge in [-0.3, -0.25) is 4.79 Å². The van der Waals surface area contributed by atoms with Gasteiger partial charge in [0.05, 0.1) is 18.4 Å². The summed E-state index contributed by atoms with van der Waals surface area (Å²) in [4.78, 5) is 18.8. The van der Waals surface area contributed by atoms with Crippen molar-refractivity contribution in [3.05, 3.63) is 46.6 Å². The molecule has 134 valence electrons. The van der Waals surface area contributed by atoms with Crippen molar-refractivity contribution in [1.82, 2.24) is 9.88 Å². The molecule has 2 N–H and O–H groups in total. The molecular formula is C18H23ClN4O2. The van der Waals surface area contributed by atoms with Crippen LogP contribution in [-0.2, 0) is 0 Å². The smallest absolute Gasteiger partial charge is 0.257 e. The number of benzene rings is 1. The van der Waals surface area contributed by atoms with Crippen molar-refractivity contribution in [3.8, 4) is 5.75 Å². The molecule has 2 aromatic rings. The predicted octanol–water partition coefficient (Wildman–Crippen LogP) is 3.28. The molecule has 25 heavy (non-hydrogen) atoms. The molecule has 0 saturated heterocycles. The highest BCUT2D eigenvalue weighted by Crippen LogP contribution is 2.31. The van der Waals surface area contributed by atoms with Crippen LogP contribution in [-0.4, -0.2) is 50.1 Å². The Morgan fingerprint density at radius 1 is 1.32 bits per heavy atom. The van der Waals surface area contributed by atoms with Crippen LogP contribution in [0.3, 0.4) is 0 Å². The number of aromatic nitrogens is 1. The van der Waals surface area contributed by atoms with E-state index >= 15 is 0 Å². The van der Waals surface area contributed by atoms with Gasteiger partial charge < -0.3 is 20.3 Å². The molecule has 7 heteroatoms. The van der Waals surface area contributed by atoms with Crippen LogP contribution in [0.25, 0.3) is 0 Å². The first kappa shape index (κ1) is 19.0. The number of nitrogens with zero attached hydrogens (tertiary/aromatic N) is 2. The molecule has 0 unspecified atom stereocenters. The standard InChI is InChI=1S/C18H23ClN4O2/c1-12-9-15(16(25-4)10-14(12)19)22-18(24)13-5-6-17(21-11-13)20-7-8-23(2)3/h5-6,9-11H,7-8H2,1-4H3,(H,20,21)(H,22,24). The number of hydrogen-bond acceptors (Lipinski definition) is 5. The second-order valence-corrected chi connectivity index (χ2v) is 6.33. The molecular weight excluding hydrogens is 340 g/mol. The zero-order valence-electron chi connectivity index (χ0n) is 14.9. The number of carbonyl (C=O) groups excluding carboxylic acids is 1. The predicted molar refractivity (Wildman–Crippen MR) is 102 cm³/mol. The number of hydrogen-bond donors (Lipinski definition) is 2. The lowest BCUT2D eigenvalue weighted by Gasteiger charge is -2.13. The van der Waals surface area contributed by atoms with Crippen LogP contribution in [0.2, 0.25) is 5.02 Å². The largest absolute Gasteiger partial charge is 0.495 e. The van der Waals surface area contributed by atoms with Crippen molar-refractivity contribution in [2.45, 2.75) is 6.92 Å². The van der Waals surface area contributed by atoms with Gasteiger partial charge in [-0.15, -0.1) is 0 Å². The first-order valence-corrected chi connectivity index (χ1v) is 8.28. The van der Waals surface area contributed by atoms with Crippen molar-refractivity contribution >= 4 is 29.0 Å². The van der Waals surface area contributed by atoms with E-state index in [2.05, 4.69) is 20.5 Å². The first-order chi connectivity index (χ1) is 11.9. The van der Waals surface area contributed by atoms with E-state index in [-0.39, 0.29) is 5.91 Å². The molecule has 1 aromatic carbocycles. The molecule has 0 atom stereocenters. The number of nitrogens with one attached hydrogen (secondary N) is 2.